The number of methoxy groups -OCH3 is 1. The van der Waals surface area contributed by atoms with Gasteiger partial charge in [0.15, 0.2) is 10.7 Å². The molecule has 0 spiro atoms. The average Bonchev–Trinajstić information content (AvgIpc) is 2.92. The van der Waals surface area contributed by atoms with Crippen molar-refractivity contribution in [3.05, 3.63) is 35.7 Å². The summed E-state index contributed by atoms with van der Waals surface area (Å²) in [6.07, 6.45) is 0. The Balaban J connectivity index is 2.46. The van der Waals surface area contributed by atoms with Gasteiger partial charge in [0.05, 0.1) is 17.3 Å². The number of carbonyl (C=O) groups is 1. The number of halogens is 3. The summed E-state index contributed by atoms with van der Waals surface area (Å²) in [5.41, 5.74) is -0.617. The number of carbonyl (C=O) groups excluding carboxylic acids is 1. The van der Waals surface area contributed by atoms with Crippen LogP contribution in [-0.4, -0.2) is 22.5 Å². The van der Waals surface area contributed by atoms with Crippen LogP contribution in [-0.2, 0) is 10.1 Å². The molecule has 0 aliphatic rings. The molecule has 0 aliphatic carbocycles. The third-order valence-corrected chi connectivity index (χ3v) is 4.00. The summed E-state index contributed by atoms with van der Waals surface area (Å²) < 4.78 is 33.8. The van der Waals surface area contributed by atoms with Crippen molar-refractivity contribution in [1.29, 1.82) is 0 Å². The average molecular weight is 317 g/mol. The summed E-state index contributed by atoms with van der Waals surface area (Å²) in [7, 11) is 1.10. The molecule has 104 valence electrons. The number of ether oxygens (including phenoxy) is 1. The fourth-order valence-electron chi connectivity index (χ4n) is 2.02. The third kappa shape index (κ3) is 1.85. The molecular formula is C12H7ClF2N2O2S. The zero-order valence-corrected chi connectivity index (χ0v) is 11.6. The van der Waals surface area contributed by atoms with Crippen molar-refractivity contribution in [2.75, 3.05) is 7.11 Å². The van der Waals surface area contributed by atoms with Crippen LogP contribution in [0.2, 0.25) is 0 Å². The molecule has 4 nitrogen and oxygen atoms in total. The van der Waals surface area contributed by atoms with E-state index < -0.39 is 22.7 Å². The van der Waals surface area contributed by atoms with E-state index in [0.717, 1.165) is 11.8 Å². The highest BCUT2D eigenvalue weighted by Crippen LogP contribution is 2.39. The van der Waals surface area contributed by atoms with Crippen molar-refractivity contribution < 1.29 is 18.3 Å². The fourth-order valence-corrected chi connectivity index (χ4v) is 3.22. The molecule has 3 aromatic rings. The summed E-state index contributed by atoms with van der Waals surface area (Å²) >= 11 is 6.34. The minimum Gasteiger partial charge on any atom is -0.464 e. The van der Waals surface area contributed by atoms with Gasteiger partial charge < -0.3 is 4.74 Å². The van der Waals surface area contributed by atoms with E-state index in [2.05, 4.69) is 9.72 Å². The quantitative estimate of drug-likeness (QED) is 0.535. The van der Waals surface area contributed by atoms with Gasteiger partial charge in [-0.05, 0) is 23.7 Å². The Morgan fingerprint density at radius 2 is 2.15 bits per heavy atom. The molecule has 0 unspecified atom stereocenters. The normalized spacial score (nSPS) is 12.2. The Hall–Kier alpha value is -1.73. The van der Waals surface area contributed by atoms with E-state index in [4.69, 9.17) is 11.6 Å². The van der Waals surface area contributed by atoms with E-state index in [-0.39, 0.29) is 4.96 Å². The van der Waals surface area contributed by atoms with Gasteiger partial charge in [0.2, 0.25) is 0 Å². The Morgan fingerprint density at radius 1 is 1.45 bits per heavy atom. The number of aromatic nitrogens is 2. The number of fused-ring (bicyclic) bond motifs is 3. The lowest BCUT2D eigenvalue weighted by Crippen LogP contribution is -2.15. The molecule has 0 radical (unpaired) electrons. The Kier molecular flexibility index (Phi) is 2.91. The molecule has 20 heavy (non-hydrogen) atoms. The topological polar surface area (TPSA) is 43.6 Å². The third-order valence-electron chi connectivity index (χ3n) is 2.80. The molecule has 8 heteroatoms. The molecule has 0 bridgehead atoms. The second kappa shape index (κ2) is 4.39. The van der Waals surface area contributed by atoms with Gasteiger partial charge in [0.1, 0.15) is 5.69 Å². The molecule has 1 aromatic carbocycles. The van der Waals surface area contributed by atoms with Crippen molar-refractivity contribution in [1.82, 2.24) is 9.38 Å². The zero-order chi connectivity index (χ0) is 14.5. The first-order chi connectivity index (χ1) is 9.43. The maximum Gasteiger partial charge on any atom is 0.365 e. The molecule has 0 fully saturated rings. The summed E-state index contributed by atoms with van der Waals surface area (Å²) in [6.45, 7) is 0. The number of nitrogens with zero attached hydrogens (tertiary/aromatic N) is 2. The molecule has 0 atom stereocenters. The number of hydrogen-bond donors (Lipinski definition) is 0. The van der Waals surface area contributed by atoms with Crippen molar-refractivity contribution in [3.63, 3.8) is 0 Å². The van der Waals surface area contributed by atoms with Crippen LogP contribution in [0.5, 0.6) is 0 Å². The number of benzene rings is 1. The lowest BCUT2D eigenvalue weighted by atomic mass is 10.3. The summed E-state index contributed by atoms with van der Waals surface area (Å²) in [6, 6.07) is 6.94. The smallest absolute Gasteiger partial charge is 0.365 e. The van der Waals surface area contributed by atoms with Crippen LogP contribution in [0.25, 0.3) is 15.2 Å². The molecule has 2 aromatic heterocycles. The van der Waals surface area contributed by atoms with E-state index in [1.165, 1.54) is 15.7 Å². The first-order valence-electron chi connectivity index (χ1n) is 5.49. The Labute approximate surface area is 120 Å². The van der Waals surface area contributed by atoms with E-state index in [0.29, 0.717) is 5.52 Å². The molecule has 0 saturated carbocycles. The van der Waals surface area contributed by atoms with Gasteiger partial charge >= 0.3 is 11.4 Å². The van der Waals surface area contributed by atoms with Crippen molar-refractivity contribution in [2.24, 2.45) is 0 Å². The fraction of sp³-hybridized carbons (Fsp3) is 0.167. The minimum atomic E-state index is -3.73. The van der Waals surface area contributed by atoms with Crippen molar-refractivity contribution in [2.45, 2.75) is 5.38 Å². The van der Waals surface area contributed by atoms with Crippen LogP contribution in [0.4, 0.5) is 8.78 Å². The van der Waals surface area contributed by atoms with E-state index >= 15 is 0 Å². The first kappa shape index (κ1) is 13.3. The Morgan fingerprint density at radius 3 is 2.80 bits per heavy atom. The SMILES string of the molecule is COC(=O)c1nc2sc3ccccc3n2c1C(F)(F)Cl. The molecule has 0 N–H and O–H groups in total. The number of imidazole rings is 1. The Bertz CT molecular complexity index is 822. The second-order valence-corrected chi connectivity index (χ2v) is 5.47. The number of esters is 1. The highest BCUT2D eigenvalue weighted by molar-refractivity contribution is 7.23. The van der Waals surface area contributed by atoms with Gasteiger partial charge in [-0.2, -0.15) is 8.78 Å². The number of thiazole rings is 1. The molecule has 0 amide bonds. The van der Waals surface area contributed by atoms with Gasteiger partial charge in [-0.1, -0.05) is 23.5 Å². The zero-order valence-electron chi connectivity index (χ0n) is 10.1. The van der Waals surface area contributed by atoms with Crippen LogP contribution in [0.3, 0.4) is 0 Å². The molecular weight excluding hydrogens is 310 g/mol. The summed E-state index contributed by atoms with van der Waals surface area (Å²) in [5.74, 6) is -0.944. The predicted octanol–water partition coefficient (Wildman–Crippen LogP) is 3.62. The minimum absolute atomic E-state index is 0.266. The lowest BCUT2D eigenvalue weighted by molar-refractivity contribution is 0.0558. The number of hydrogen-bond acceptors (Lipinski definition) is 4. The predicted molar refractivity (Wildman–Crippen MR) is 71.7 cm³/mol. The van der Waals surface area contributed by atoms with Crippen LogP contribution in [0, 0.1) is 0 Å². The number of alkyl halides is 3. The van der Waals surface area contributed by atoms with Gasteiger partial charge in [-0.25, -0.2) is 9.78 Å². The standard InChI is InChI=1S/C12H7ClF2N2O2S/c1-19-10(18)8-9(12(13,14)15)17-6-4-2-3-5-7(6)20-11(17)16-8/h2-5H,1H3. The van der Waals surface area contributed by atoms with Crippen LogP contribution in [0.15, 0.2) is 24.3 Å². The number of para-hydroxylation sites is 1. The second-order valence-electron chi connectivity index (χ2n) is 3.99. The number of rotatable bonds is 2. The highest BCUT2D eigenvalue weighted by atomic mass is 35.5. The molecule has 0 aliphatic heterocycles. The van der Waals surface area contributed by atoms with E-state index in [1.54, 1.807) is 24.3 Å². The van der Waals surface area contributed by atoms with Gasteiger partial charge in [-0.15, -0.1) is 0 Å². The van der Waals surface area contributed by atoms with Gasteiger partial charge in [0, 0.05) is 0 Å². The monoisotopic (exact) mass is 316 g/mol. The van der Waals surface area contributed by atoms with Crippen LogP contribution < -0.4 is 0 Å². The first-order valence-corrected chi connectivity index (χ1v) is 6.68. The van der Waals surface area contributed by atoms with E-state index in [9.17, 15) is 13.6 Å². The highest BCUT2D eigenvalue weighted by Gasteiger charge is 2.39. The molecule has 3 rings (SSSR count). The largest absolute Gasteiger partial charge is 0.464 e. The summed E-state index contributed by atoms with van der Waals surface area (Å²) in [4.78, 5) is 15.8. The maximum atomic E-state index is 13.7. The van der Waals surface area contributed by atoms with Gasteiger partial charge in [-0.3, -0.25) is 4.40 Å². The summed E-state index contributed by atoms with van der Waals surface area (Å²) in [5, 5.41) is -3.73. The van der Waals surface area contributed by atoms with Crippen LogP contribution in [0.1, 0.15) is 16.2 Å². The van der Waals surface area contributed by atoms with Crippen molar-refractivity contribution >= 4 is 44.1 Å². The lowest BCUT2D eigenvalue weighted by Gasteiger charge is -2.09. The van der Waals surface area contributed by atoms with Gasteiger partial charge in [0.25, 0.3) is 0 Å². The van der Waals surface area contributed by atoms with Crippen LogP contribution >= 0.6 is 22.9 Å². The maximum absolute atomic E-state index is 13.7. The van der Waals surface area contributed by atoms with E-state index in [1.807, 2.05) is 0 Å². The molecule has 0 saturated heterocycles. The molecule has 2 heterocycles. The van der Waals surface area contributed by atoms with Crippen molar-refractivity contribution in [3.8, 4) is 0 Å².